The van der Waals surface area contributed by atoms with Crippen molar-refractivity contribution in [2.24, 2.45) is 5.92 Å². The zero-order chi connectivity index (χ0) is 11.1. The van der Waals surface area contributed by atoms with Crippen molar-refractivity contribution in [3.63, 3.8) is 0 Å². The first kappa shape index (κ1) is 12.1. The molecule has 1 N–H and O–H groups in total. The van der Waals surface area contributed by atoms with Crippen LogP contribution >= 0.6 is 0 Å². The van der Waals surface area contributed by atoms with E-state index in [0.717, 1.165) is 25.5 Å². The lowest BCUT2D eigenvalue weighted by Gasteiger charge is -2.08. The maximum atomic E-state index is 5.00. The van der Waals surface area contributed by atoms with Crippen LogP contribution in [-0.4, -0.2) is 35.0 Å². The van der Waals surface area contributed by atoms with Gasteiger partial charge in [-0.25, -0.2) is 9.67 Å². The van der Waals surface area contributed by atoms with Crippen molar-refractivity contribution in [3.05, 3.63) is 12.2 Å². The normalized spacial score (nSPS) is 11.2. The first-order valence-corrected chi connectivity index (χ1v) is 5.30. The van der Waals surface area contributed by atoms with Gasteiger partial charge in [0.15, 0.2) is 0 Å². The number of hydrogen-bond acceptors (Lipinski definition) is 4. The van der Waals surface area contributed by atoms with Crippen LogP contribution in [-0.2, 0) is 17.8 Å². The number of nitrogens with zero attached hydrogens (tertiary/aromatic N) is 3. The average molecular weight is 212 g/mol. The summed E-state index contributed by atoms with van der Waals surface area (Å²) in [5, 5.41) is 7.48. The third-order valence-corrected chi connectivity index (χ3v) is 2.04. The third-order valence-electron chi connectivity index (χ3n) is 2.04. The third kappa shape index (κ3) is 4.40. The maximum Gasteiger partial charge on any atom is 0.140 e. The monoisotopic (exact) mass is 212 g/mol. The van der Waals surface area contributed by atoms with E-state index in [1.807, 2.05) is 4.68 Å². The van der Waals surface area contributed by atoms with E-state index in [1.165, 1.54) is 0 Å². The molecule has 0 unspecified atom stereocenters. The molecule has 15 heavy (non-hydrogen) atoms. The number of aromatic nitrogens is 3. The van der Waals surface area contributed by atoms with Gasteiger partial charge in [-0.3, -0.25) is 0 Å². The highest BCUT2D eigenvalue weighted by Crippen LogP contribution is 1.95. The molecule has 0 aliphatic carbocycles. The summed E-state index contributed by atoms with van der Waals surface area (Å²) >= 11 is 0. The van der Waals surface area contributed by atoms with E-state index in [-0.39, 0.29) is 0 Å². The molecular formula is C10H20N4O. The van der Waals surface area contributed by atoms with E-state index in [0.29, 0.717) is 12.5 Å². The minimum Gasteiger partial charge on any atom is -0.383 e. The van der Waals surface area contributed by atoms with E-state index >= 15 is 0 Å². The van der Waals surface area contributed by atoms with Crippen molar-refractivity contribution in [2.75, 3.05) is 20.3 Å². The molecule has 86 valence electrons. The molecule has 0 aromatic carbocycles. The van der Waals surface area contributed by atoms with Gasteiger partial charge in [-0.1, -0.05) is 13.8 Å². The quantitative estimate of drug-likeness (QED) is 0.722. The molecule has 0 bridgehead atoms. The Morgan fingerprint density at radius 2 is 2.33 bits per heavy atom. The fourth-order valence-electron chi connectivity index (χ4n) is 1.26. The van der Waals surface area contributed by atoms with Crippen molar-refractivity contribution in [1.82, 2.24) is 20.1 Å². The zero-order valence-corrected chi connectivity index (χ0v) is 9.73. The van der Waals surface area contributed by atoms with Gasteiger partial charge in [-0.05, 0) is 12.5 Å². The molecule has 0 saturated carbocycles. The van der Waals surface area contributed by atoms with Crippen LogP contribution in [0.25, 0.3) is 0 Å². The summed E-state index contributed by atoms with van der Waals surface area (Å²) in [7, 11) is 1.69. The fraction of sp³-hybridized carbons (Fsp3) is 0.800. The van der Waals surface area contributed by atoms with Gasteiger partial charge in [0.05, 0.1) is 19.7 Å². The molecule has 1 rings (SSSR count). The summed E-state index contributed by atoms with van der Waals surface area (Å²) in [6.45, 7) is 7.56. The number of hydrogen-bond donors (Lipinski definition) is 1. The average Bonchev–Trinajstić information content (AvgIpc) is 2.62. The van der Waals surface area contributed by atoms with Crippen LogP contribution < -0.4 is 5.32 Å². The minimum atomic E-state index is 0.653. The van der Waals surface area contributed by atoms with E-state index in [1.54, 1.807) is 13.4 Å². The molecule has 0 radical (unpaired) electrons. The molecule has 0 spiro atoms. The van der Waals surface area contributed by atoms with E-state index in [9.17, 15) is 0 Å². The number of rotatable bonds is 7. The van der Waals surface area contributed by atoms with Crippen LogP contribution in [0.2, 0.25) is 0 Å². The molecular weight excluding hydrogens is 192 g/mol. The number of methoxy groups -OCH3 is 1. The van der Waals surface area contributed by atoms with E-state index in [2.05, 4.69) is 29.2 Å². The highest BCUT2D eigenvalue weighted by Gasteiger charge is 2.03. The first-order chi connectivity index (χ1) is 7.24. The summed E-state index contributed by atoms with van der Waals surface area (Å²) in [5.41, 5.74) is 0. The Balaban J connectivity index is 2.35. The predicted molar refractivity (Wildman–Crippen MR) is 58.4 cm³/mol. The Bertz CT molecular complexity index is 272. The molecule has 0 atom stereocenters. The highest BCUT2D eigenvalue weighted by atomic mass is 16.5. The minimum absolute atomic E-state index is 0.653. The van der Waals surface area contributed by atoms with Gasteiger partial charge in [0.2, 0.25) is 0 Å². The Labute approximate surface area is 90.8 Å². The highest BCUT2D eigenvalue weighted by molar-refractivity contribution is 4.83. The lowest BCUT2D eigenvalue weighted by Crippen LogP contribution is -2.22. The number of nitrogens with one attached hydrogen (secondary N) is 1. The number of ether oxygens (including phenoxy) is 1. The largest absolute Gasteiger partial charge is 0.383 e. The molecule has 0 saturated heterocycles. The van der Waals surface area contributed by atoms with Crippen molar-refractivity contribution in [3.8, 4) is 0 Å². The summed E-state index contributed by atoms with van der Waals surface area (Å²) < 4.78 is 6.88. The SMILES string of the molecule is COCCn1ncnc1CNCC(C)C. The van der Waals surface area contributed by atoms with Gasteiger partial charge in [0, 0.05) is 7.11 Å². The van der Waals surface area contributed by atoms with Crippen LogP contribution in [0, 0.1) is 5.92 Å². The van der Waals surface area contributed by atoms with E-state index in [4.69, 9.17) is 4.74 Å². The predicted octanol–water partition coefficient (Wildman–Crippen LogP) is 0.670. The summed E-state index contributed by atoms with van der Waals surface area (Å²) in [5.74, 6) is 1.62. The molecule has 0 aliphatic rings. The molecule has 0 fully saturated rings. The Morgan fingerprint density at radius 1 is 1.53 bits per heavy atom. The van der Waals surface area contributed by atoms with Crippen molar-refractivity contribution in [1.29, 1.82) is 0 Å². The van der Waals surface area contributed by atoms with Crippen LogP contribution in [0.4, 0.5) is 0 Å². The van der Waals surface area contributed by atoms with Gasteiger partial charge < -0.3 is 10.1 Å². The molecule has 5 heteroatoms. The topological polar surface area (TPSA) is 52.0 Å². The fourth-order valence-corrected chi connectivity index (χ4v) is 1.26. The van der Waals surface area contributed by atoms with Gasteiger partial charge in [0.1, 0.15) is 12.2 Å². The van der Waals surface area contributed by atoms with Gasteiger partial charge in [-0.2, -0.15) is 5.10 Å². The van der Waals surface area contributed by atoms with Crippen LogP contribution in [0.5, 0.6) is 0 Å². The van der Waals surface area contributed by atoms with Gasteiger partial charge in [-0.15, -0.1) is 0 Å². The molecule has 1 aromatic heterocycles. The lowest BCUT2D eigenvalue weighted by atomic mass is 10.2. The molecule has 0 aliphatic heterocycles. The Hall–Kier alpha value is -0.940. The van der Waals surface area contributed by atoms with Crippen molar-refractivity contribution in [2.45, 2.75) is 26.9 Å². The second kappa shape index (κ2) is 6.53. The van der Waals surface area contributed by atoms with Crippen LogP contribution in [0.3, 0.4) is 0 Å². The van der Waals surface area contributed by atoms with Gasteiger partial charge in [0.25, 0.3) is 0 Å². The zero-order valence-electron chi connectivity index (χ0n) is 9.73. The Kier molecular flexibility index (Phi) is 5.28. The van der Waals surface area contributed by atoms with Gasteiger partial charge >= 0.3 is 0 Å². The van der Waals surface area contributed by atoms with Crippen LogP contribution in [0.15, 0.2) is 6.33 Å². The van der Waals surface area contributed by atoms with Crippen molar-refractivity contribution >= 4 is 0 Å². The molecule has 5 nitrogen and oxygen atoms in total. The summed E-state index contributed by atoms with van der Waals surface area (Å²) in [6.07, 6.45) is 1.59. The standard InChI is InChI=1S/C10H20N4O/c1-9(2)6-11-7-10-12-8-13-14(10)4-5-15-3/h8-9,11H,4-7H2,1-3H3. The first-order valence-electron chi connectivity index (χ1n) is 5.30. The molecule has 0 amide bonds. The Morgan fingerprint density at radius 3 is 3.00 bits per heavy atom. The summed E-state index contributed by atoms with van der Waals surface area (Å²) in [6, 6.07) is 0. The van der Waals surface area contributed by atoms with Crippen LogP contribution in [0.1, 0.15) is 19.7 Å². The second-order valence-corrected chi connectivity index (χ2v) is 3.92. The second-order valence-electron chi connectivity index (χ2n) is 3.92. The smallest absolute Gasteiger partial charge is 0.140 e. The molecule has 1 heterocycles. The maximum absolute atomic E-state index is 5.00. The lowest BCUT2D eigenvalue weighted by molar-refractivity contribution is 0.182. The van der Waals surface area contributed by atoms with E-state index < -0.39 is 0 Å². The molecule has 1 aromatic rings. The summed E-state index contributed by atoms with van der Waals surface area (Å²) in [4.78, 5) is 4.20. The van der Waals surface area contributed by atoms with Crippen molar-refractivity contribution < 1.29 is 4.74 Å².